The highest BCUT2D eigenvalue weighted by Gasteiger charge is 2.42. The zero-order valence-electron chi connectivity index (χ0n) is 27.6. The van der Waals surface area contributed by atoms with E-state index in [2.05, 4.69) is 98.1 Å². The Balaban J connectivity index is 1.16. The molecule has 232 valence electrons. The zero-order chi connectivity index (χ0) is 32.0. The molecule has 0 amide bonds. The molecule has 1 unspecified atom stereocenters. The van der Waals surface area contributed by atoms with Crippen molar-refractivity contribution in [1.82, 2.24) is 8.75 Å². The third-order valence-electron chi connectivity index (χ3n) is 10.9. The van der Waals surface area contributed by atoms with E-state index < -0.39 is 0 Å². The highest BCUT2D eigenvalue weighted by Crippen LogP contribution is 2.58. The van der Waals surface area contributed by atoms with Crippen molar-refractivity contribution in [1.29, 1.82) is 0 Å². The smallest absolute Gasteiger partial charge is 0.130 e. The molecule has 0 saturated heterocycles. The van der Waals surface area contributed by atoms with Crippen molar-refractivity contribution in [2.24, 2.45) is 0 Å². The number of halogens is 1. The largest absolute Gasteiger partial charge is 0.207 e. The van der Waals surface area contributed by atoms with E-state index in [1.54, 1.807) is 6.07 Å². The lowest BCUT2D eigenvalue weighted by molar-refractivity contribution is 0.598. The minimum Gasteiger partial charge on any atom is -0.207 e. The highest BCUT2D eigenvalue weighted by atomic mass is 32.2. The van der Waals surface area contributed by atoms with Crippen LogP contribution in [0.3, 0.4) is 0 Å². The van der Waals surface area contributed by atoms with Gasteiger partial charge in [-0.1, -0.05) is 55.4 Å². The van der Waals surface area contributed by atoms with Gasteiger partial charge in [-0.2, -0.15) is 8.75 Å². The topological polar surface area (TPSA) is 25.8 Å². The quantitative estimate of drug-likeness (QED) is 0.177. The molecule has 3 aliphatic rings. The first-order valence-corrected chi connectivity index (χ1v) is 19.3. The Morgan fingerprint density at radius 1 is 0.717 bits per heavy atom. The first kappa shape index (κ1) is 29.0. The van der Waals surface area contributed by atoms with Crippen molar-refractivity contribution in [3.8, 4) is 22.3 Å². The Labute approximate surface area is 281 Å². The number of rotatable bonds is 3. The Kier molecular flexibility index (Phi) is 5.96. The fraction of sp³-hybridized carbons (Fsp3) is 0.325. The van der Waals surface area contributed by atoms with Gasteiger partial charge in [-0.3, -0.25) is 0 Å². The van der Waals surface area contributed by atoms with Crippen LogP contribution in [-0.4, -0.2) is 14.1 Å². The van der Waals surface area contributed by atoms with Crippen molar-refractivity contribution in [3.63, 3.8) is 0 Å². The zero-order valence-corrected chi connectivity index (χ0v) is 30.0. The fourth-order valence-electron chi connectivity index (χ4n) is 8.29. The highest BCUT2D eigenvalue weighted by molar-refractivity contribution is 8.15. The summed E-state index contributed by atoms with van der Waals surface area (Å²) in [5.74, 6) is 1.33. The maximum Gasteiger partial charge on any atom is 0.130 e. The molecule has 2 nitrogen and oxygen atoms in total. The molecular weight excluding hydrogens is 624 g/mol. The first-order chi connectivity index (χ1) is 21.8. The van der Waals surface area contributed by atoms with Crippen molar-refractivity contribution >= 4 is 60.0 Å². The van der Waals surface area contributed by atoms with E-state index in [9.17, 15) is 0 Å². The van der Waals surface area contributed by atoms with E-state index in [0.717, 1.165) is 21.7 Å². The van der Waals surface area contributed by atoms with E-state index in [-0.39, 0.29) is 33.0 Å². The summed E-state index contributed by atoms with van der Waals surface area (Å²) in [5.41, 5.74) is 15.9. The Bertz CT molecular complexity index is 2370. The summed E-state index contributed by atoms with van der Waals surface area (Å²) in [7, 11) is -0.261. The third kappa shape index (κ3) is 3.78. The van der Waals surface area contributed by atoms with Crippen molar-refractivity contribution in [3.05, 3.63) is 98.2 Å². The maximum absolute atomic E-state index is 15.5. The maximum atomic E-state index is 15.5. The molecule has 0 fully saturated rings. The summed E-state index contributed by atoms with van der Waals surface area (Å²) < 4.78 is 26.1. The average Bonchev–Trinajstić information content (AvgIpc) is 3.80. The van der Waals surface area contributed by atoms with Gasteiger partial charge in [0.1, 0.15) is 16.9 Å². The van der Waals surface area contributed by atoms with Gasteiger partial charge < -0.3 is 0 Å². The van der Waals surface area contributed by atoms with E-state index in [4.69, 9.17) is 0 Å². The summed E-state index contributed by atoms with van der Waals surface area (Å²) in [4.78, 5) is 2.44. The first-order valence-electron chi connectivity index (χ1n) is 16.3. The minimum atomic E-state index is -0.261. The van der Waals surface area contributed by atoms with E-state index >= 15 is 4.39 Å². The Morgan fingerprint density at radius 3 is 2.00 bits per heavy atom. The molecule has 0 radical (unpaired) electrons. The van der Waals surface area contributed by atoms with Gasteiger partial charge in [0.25, 0.3) is 0 Å². The number of hydrogen-bond acceptors (Lipinski definition) is 4. The minimum absolute atomic E-state index is 0.0624. The van der Waals surface area contributed by atoms with Gasteiger partial charge in [0.05, 0.1) is 11.7 Å². The van der Waals surface area contributed by atoms with Crippen LogP contribution in [0.5, 0.6) is 0 Å². The predicted octanol–water partition coefficient (Wildman–Crippen LogP) is 11.9. The van der Waals surface area contributed by atoms with Crippen molar-refractivity contribution in [2.75, 3.05) is 0 Å². The second-order valence-corrected chi connectivity index (χ2v) is 18.6. The lowest BCUT2D eigenvalue weighted by Gasteiger charge is -2.24. The lowest BCUT2D eigenvalue weighted by Crippen LogP contribution is -2.17. The molecule has 2 aromatic heterocycles. The summed E-state index contributed by atoms with van der Waals surface area (Å²) in [6.07, 6.45) is 0. The molecule has 1 atom stereocenters. The molecule has 4 aromatic carbocycles. The average molecular weight is 661 g/mol. The van der Waals surface area contributed by atoms with E-state index in [1.165, 1.54) is 82.3 Å². The predicted molar refractivity (Wildman–Crippen MR) is 197 cm³/mol. The molecule has 1 aliphatic heterocycles. The Morgan fingerprint density at radius 2 is 1.33 bits per heavy atom. The molecule has 2 aliphatic carbocycles. The molecule has 0 bridgehead atoms. The van der Waals surface area contributed by atoms with E-state index in [0.29, 0.717) is 11.5 Å². The second kappa shape index (κ2) is 9.46. The number of hydrogen-bond donors (Lipinski definition) is 0. The van der Waals surface area contributed by atoms with Gasteiger partial charge in [0.2, 0.25) is 0 Å². The van der Waals surface area contributed by atoms with Gasteiger partial charge in [-0.15, -0.1) is 21.8 Å². The van der Waals surface area contributed by atoms with Crippen LogP contribution in [-0.2, 0) is 16.6 Å². The Hall–Kier alpha value is -3.19. The monoisotopic (exact) mass is 660 g/mol. The van der Waals surface area contributed by atoms with Gasteiger partial charge >= 0.3 is 0 Å². The number of aromatic nitrogens is 2. The standard InChI is InChI=1S/C40H37FN2S3/c1-19(2)33-12-21-10-28-27(15-34(21)44-33)26-14-30-25(13-31(26)39(28,5)6)24-9-22-17-46(18-23(22)11-29(24)40(30,7)8)35-16-32(41)36(20(3)4)38-37(35)42-45-43-38/h9-16,18-20H,17H2,1-8H3. The molecule has 0 saturated carbocycles. The van der Waals surface area contributed by atoms with Gasteiger partial charge in [0.15, 0.2) is 0 Å². The molecule has 6 heteroatoms. The second-order valence-electron chi connectivity index (χ2n) is 15.1. The summed E-state index contributed by atoms with van der Waals surface area (Å²) in [6.45, 7) is 18.2. The molecule has 0 N–H and O–H groups in total. The van der Waals surface area contributed by atoms with Crippen LogP contribution in [0.15, 0.2) is 53.4 Å². The molecule has 0 spiro atoms. The van der Waals surface area contributed by atoms with Crippen molar-refractivity contribution < 1.29 is 4.39 Å². The van der Waals surface area contributed by atoms with Crippen LogP contribution >= 0.6 is 33.5 Å². The molecule has 46 heavy (non-hydrogen) atoms. The number of nitrogens with zero attached hydrogens (tertiary/aromatic N) is 2. The summed E-state index contributed by atoms with van der Waals surface area (Å²) in [5, 5.41) is 3.74. The van der Waals surface area contributed by atoms with Crippen LogP contribution in [0.2, 0.25) is 0 Å². The summed E-state index contributed by atoms with van der Waals surface area (Å²) >= 11 is 3.14. The van der Waals surface area contributed by atoms with Crippen LogP contribution in [0, 0.1) is 5.82 Å². The van der Waals surface area contributed by atoms with Gasteiger partial charge in [-0.05, 0) is 127 Å². The summed E-state index contributed by atoms with van der Waals surface area (Å²) in [6, 6.07) is 19.0. The van der Waals surface area contributed by atoms with Crippen LogP contribution in [0.4, 0.5) is 4.39 Å². The van der Waals surface area contributed by atoms with Crippen molar-refractivity contribution in [2.45, 2.75) is 88.7 Å². The third-order valence-corrected chi connectivity index (χ3v) is 14.9. The SMILES string of the molecule is CC(C)c1cc2cc3c(cc2s1)-c1cc2c(cc1C3(C)C)-c1cc3c(cc1C2(C)C)C=S(c1cc(F)c(C(C)C)c2nsnc12)C3. The number of benzene rings is 4. The van der Waals surface area contributed by atoms with Crippen LogP contribution < -0.4 is 0 Å². The molecule has 9 rings (SSSR count). The van der Waals surface area contributed by atoms with Gasteiger partial charge in [-0.25, -0.2) is 4.39 Å². The fourth-order valence-corrected chi connectivity index (χ4v) is 12.1. The molecular formula is C40H37FN2S3. The van der Waals surface area contributed by atoms with Crippen LogP contribution in [0.1, 0.15) is 111 Å². The molecule has 3 heterocycles. The van der Waals surface area contributed by atoms with Gasteiger partial charge in [0, 0.05) is 36.6 Å². The van der Waals surface area contributed by atoms with Crippen LogP contribution in [0.25, 0.3) is 43.4 Å². The molecule has 6 aromatic rings. The lowest BCUT2D eigenvalue weighted by atomic mass is 9.79. The van der Waals surface area contributed by atoms with E-state index in [1.807, 2.05) is 25.2 Å². The number of fused-ring (bicyclic) bond motifs is 9. The number of thiophene rings is 1. The normalized spacial score (nSPS) is 18.3.